The summed E-state index contributed by atoms with van der Waals surface area (Å²) in [5, 5.41) is 11.2. The van der Waals surface area contributed by atoms with Crippen LogP contribution < -0.4 is 5.73 Å². The summed E-state index contributed by atoms with van der Waals surface area (Å²) in [6.45, 7) is 4.31. The quantitative estimate of drug-likeness (QED) is 0.787. The van der Waals surface area contributed by atoms with E-state index in [-0.39, 0.29) is 18.4 Å². The highest BCUT2D eigenvalue weighted by Gasteiger charge is 2.17. The van der Waals surface area contributed by atoms with Crippen LogP contribution >= 0.6 is 12.4 Å². The summed E-state index contributed by atoms with van der Waals surface area (Å²) in [5.74, 6) is 0.596. The molecule has 0 saturated heterocycles. The molecule has 4 N–H and O–H groups in total. The van der Waals surface area contributed by atoms with Gasteiger partial charge in [0.25, 0.3) is 0 Å². The Labute approximate surface area is 120 Å². The zero-order chi connectivity index (χ0) is 13.1. The topological polar surface area (TPSA) is 62.0 Å². The van der Waals surface area contributed by atoms with E-state index in [1.165, 1.54) is 0 Å². The first kappa shape index (κ1) is 16.0. The number of H-pyrrole nitrogens is 1. The first-order valence-corrected chi connectivity index (χ1v) is 6.58. The second-order valence-corrected chi connectivity index (χ2v) is 5.39. The second-order valence-electron chi connectivity index (χ2n) is 5.39. The molecule has 0 bridgehead atoms. The fraction of sp³-hybridized carbons (Fsp3) is 0.467. The van der Waals surface area contributed by atoms with Gasteiger partial charge in [-0.25, -0.2) is 0 Å². The Kier molecular flexibility index (Phi) is 5.85. The molecule has 0 aliphatic heterocycles. The minimum absolute atomic E-state index is 0. The Hall–Kier alpha value is -1.03. The number of fused-ring (bicyclic) bond motifs is 1. The van der Waals surface area contributed by atoms with Gasteiger partial charge in [-0.05, 0) is 47.9 Å². The number of aromatic amines is 1. The predicted octanol–water partition coefficient (Wildman–Crippen LogP) is 3.39. The van der Waals surface area contributed by atoms with Gasteiger partial charge in [-0.3, -0.25) is 0 Å². The third-order valence-electron chi connectivity index (χ3n) is 3.42. The number of halogens is 1. The van der Waals surface area contributed by atoms with E-state index in [0.29, 0.717) is 5.92 Å². The molecule has 0 aliphatic rings. The summed E-state index contributed by atoms with van der Waals surface area (Å²) >= 11 is 0. The van der Waals surface area contributed by atoms with E-state index in [0.717, 1.165) is 29.3 Å². The van der Waals surface area contributed by atoms with Gasteiger partial charge in [0.15, 0.2) is 0 Å². The number of hydrogen-bond acceptors (Lipinski definition) is 2. The number of rotatable bonds is 5. The van der Waals surface area contributed by atoms with Gasteiger partial charge in [-0.1, -0.05) is 19.9 Å². The number of benzene rings is 1. The van der Waals surface area contributed by atoms with Crippen LogP contribution in [0.2, 0.25) is 0 Å². The highest BCUT2D eigenvalue weighted by Crippen LogP contribution is 2.23. The molecular weight excluding hydrogens is 260 g/mol. The minimum atomic E-state index is -0.469. The summed E-state index contributed by atoms with van der Waals surface area (Å²) in [6, 6.07) is 7.77. The van der Waals surface area contributed by atoms with E-state index < -0.39 is 6.10 Å². The Morgan fingerprint density at radius 1 is 1.21 bits per heavy atom. The van der Waals surface area contributed by atoms with Crippen LogP contribution in [0, 0.1) is 5.92 Å². The number of hydrogen-bond donors (Lipinski definition) is 3. The number of nitrogens with two attached hydrogens (primary N) is 1. The van der Waals surface area contributed by atoms with E-state index in [1.54, 1.807) is 0 Å². The summed E-state index contributed by atoms with van der Waals surface area (Å²) in [6.07, 6.45) is 3.20. The smallest absolute Gasteiger partial charge is 0.0732 e. The highest BCUT2D eigenvalue weighted by molar-refractivity contribution is 5.85. The van der Waals surface area contributed by atoms with Crippen LogP contribution in [0.1, 0.15) is 38.3 Å². The lowest BCUT2D eigenvalue weighted by molar-refractivity contribution is 0.128. The molecule has 2 rings (SSSR count). The molecule has 0 radical (unpaired) electrons. The first-order valence-electron chi connectivity index (χ1n) is 6.58. The Bertz CT molecular complexity index is 510. The number of aliphatic hydroxyl groups excluding tert-OH is 1. The molecule has 0 aliphatic carbocycles. The monoisotopic (exact) mass is 282 g/mol. The van der Waals surface area contributed by atoms with Gasteiger partial charge in [0.05, 0.1) is 12.1 Å². The van der Waals surface area contributed by atoms with Crippen molar-refractivity contribution in [2.45, 2.75) is 38.8 Å². The molecule has 2 atom stereocenters. The van der Waals surface area contributed by atoms with Crippen molar-refractivity contribution in [3.63, 3.8) is 0 Å². The van der Waals surface area contributed by atoms with Crippen molar-refractivity contribution < 1.29 is 5.11 Å². The Morgan fingerprint density at radius 2 is 1.95 bits per heavy atom. The molecule has 19 heavy (non-hydrogen) atoms. The van der Waals surface area contributed by atoms with Crippen molar-refractivity contribution in [2.75, 3.05) is 0 Å². The zero-order valence-electron chi connectivity index (χ0n) is 11.5. The molecule has 1 aromatic carbocycles. The largest absolute Gasteiger partial charge is 0.391 e. The van der Waals surface area contributed by atoms with Gasteiger partial charge in [-0.2, -0.15) is 0 Å². The molecule has 4 heteroatoms. The van der Waals surface area contributed by atoms with E-state index in [2.05, 4.69) is 24.9 Å². The summed E-state index contributed by atoms with van der Waals surface area (Å²) in [4.78, 5) is 3.15. The molecule has 0 amide bonds. The summed E-state index contributed by atoms with van der Waals surface area (Å²) < 4.78 is 0. The average Bonchev–Trinajstić information content (AvgIpc) is 2.81. The molecule has 0 fully saturated rings. The minimum Gasteiger partial charge on any atom is -0.391 e. The van der Waals surface area contributed by atoms with Gasteiger partial charge in [-0.15, -0.1) is 12.4 Å². The number of aliphatic hydroxyl groups is 1. The first-order chi connectivity index (χ1) is 8.58. The molecule has 0 saturated carbocycles. The van der Waals surface area contributed by atoms with Crippen molar-refractivity contribution in [3.05, 3.63) is 36.0 Å². The molecule has 0 unspecified atom stereocenters. The van der Waals surface area contributed by atoms with Gasteiger partial charge in [0.1, 0.15) is 0 Å². The molecule has 1 heterocycles. The van der Waals surface area contributed by atoms with Crippen molar-refractivity contribution in [1.82, 2.24) is 4.98 Å². The SMILES string of the molecule is CC(C)CC[C@@H](O)[C@@H](N)c1ccc2[nH]ccc2c1.Cl. The fourth-order valence-electron chi connectivity index (χ4n) is 2.18. The highest BCUT2D eigenvalue weighted by atomic mass is 35.5. The van der Waals surface area contributed by atoms with E-state index >= 15 is 0 Å². The maximum atomic E-state index is 10.1. The lowest BCUT2D eigenvalue weighted by Crippen LogP contribution is -2.26. The van der Waals surface area contributed by atoms with Crippen LogP contribution in [0.5, 0.6) is 0 Å². The Balaban J connectivity index is 0.00000180. The molecule has 3 nitrogen and oxygen atoms in total. The summed E-state index contributed by atoms with van der Waals surface area (Å²) in [5.41, 5.74) is 8.22. The molecule has 2 aromatic rings. The van der Waals surface area contributed by atoms with Gasteiger partial charge >= 0.3 is 0 Å². The summed E-state index contributed by atoms with van der Waals surface area (Å²) in [7, 11) is 0. The zero-order valence-corrected chi connectivity index (χ0v) is 12.3. The van der Waals surface area contributed by atoms with E-state index in [9.17, 15) is 5.11 Å². The van der Waals surface area contributed by atoms with E-state index in [4.69, 9.17) is 5.73 Å². The molecular formula is C15H23ClN2O. The fourth-order valence-corrected chi connectivity index (χ4v) is 2.18. The normalized spacial score (nSPS) is 14.4. The van der Waals surface area contributed by atoms with Crippen molar-refractivity contribution >= 4 is 23.3 Å². The van der Waals surface area contributed by atoms with Crippen LogP contribution in [-0.2, 0) is 0 Å². The maximum absolute atomic E-state index is 10.1. The maximum Gasteiger partial charge on any atom is 0.0732 e. The van der Waals surface area contributed by atoms with Crippen LogP contribution in [0.4, 0.5) is 0 Å². The molecule has 1 aromatic heterocycles. The average molecular weight is 283 g/mol. The number of aromatic nitrogens is 1. The Morgan fingerprint density at radius 3 is 2.63 bits per heavy atom. The van der Waals surface area contributed by atoms with Gasteiger partial charge < -0.3 is 15.8 Å². The van der Waals surface area contributed by atoms with Crippen LogP contribution in [0.3, 0.4) is 0 Å². The molecule has 0 spiro atoms. The van der Waals surface area contributed by atoms with Crippen molar-refractivity contribution in [2.24, 2.45) is 11.7 Å². The second kappa shape index (κ2) is 6.94. The lowest BCUT2D eigenvalue weighted by atomic mass is 9.95. The van der Waals surface area contributed by atoms with Crippen LogP contribution in [-0.4, -0.2) is 16.2 Å². The van der Waals surface area contributed by atoms with E-state index in [1.807, 2.05) is 24.4 Å². The van der Waals surface area contributed by atoms with Gasteiger partial charge in [0.2, 0.25) is 0 Å². The molecule has 106 valence electrons. The number of nitrogens with one attached hydrogen (secondary N) is 1. The third-order valence-corrected chi connectivity index (χ3v) is 3.42. The predicted molar refractivity (Wildman–Crippen MR) is 82.6 cm³/mol. The standard InChI is InChI=1S/C15H22N2O.ClH/c1-10(2)3-6-14(18)15(16)12-4-5-13-11(9-12)7-8-17-13;/h4-5,7-10,14-15,17-18H,3,6,16H2,1-2H3;1H/t14-,15+;/m1./s1. The van der Waals surface area contributed by atoms with Crippen molar-refractivity contribution in [1.29, 1.82) is 0 Å². The van der Waals surface area contributed by atoms with Crippen LogP contribution in [0.15, 0.2) is 30.5 Å². The van der Waals surface area contributed by atoms with Gasteiger partial charge in [0, 0.05) is 11.7 Å². The van der Waals surface area contributed by atoms with Crippen LogP contribution in [0.25, 0.3) is 10.9 Å². The lowest BCUT2D eigenvalue weighted by Gasteiger charge is -2.20. The third kappa shape index (κ3) is 3.96. The van der Waals surface area contributed by atoms with Crippen molar-refractivity contribution in [3.8, 4) is 0 Å².